The number of hydrogen-bond acceptors (Lipinski definition) is 1. The molecule has 1 N–H and O–H groups in total. The van der Waals surface area contributed by atoms with Gasteiger partial charge in [-0.1, -0.05) is 0 Å². The van der Waals surface area contributed by atoms with Crippen molar-refractivity contribution in [2.75, 3.05) is 0 Å². The molecule has 0 aliphatic heterocycles. The van der Waals surface area contributed by atoms with Crippen LogP contribution in [-0.4, -0.2) is 41.9 Å². The van der Waals surface area contributed by atoms with Gasteiger partial charge in [0.1, 0.15) is 0 Å². The van der Waals surface area contributed by atoms with Crippen LogP contribution in [0.15, 0.2) is 0 Å². The smallest absolute Gasteiger partial charge is 0 e. The van der Waals surface area contributed by atoms with Crippen LogP contribution in [0.1, 0.15) is 0 Å². The van der Waals surface area contributed by atoms with Crippen molar-refractivity contribution in [2.24, 2.45) is 0 Å². The summed E-state index contributed by atoms with van der Waals surface area (Å²) in [5.74, 6) is 0. The van der Waals surface area contributed by atoms with Gasteiger partial charge in [0.2, 0.25) is 0 Å². The first-order valence-corrected chi connectivity index (χ1v) is 0.494. The zero-order valence-electron chi connectivity index (χ0n) is 2.43. The van der Waals surface area contributed by atoms with Crippen LogP contribution in [-0.2, 0) is 4.70 Å². The molecule has 0 unspecified atom stereocenters. The zero-order valence-corrected chi connectivity index (χ0v) is 4.43. The molecule has 0 aromatic rings. The molecule has 2 nitrogen and oxygen atoms in total. The third-order valence-electron chi connectivity index (χ3n) is 0. The number of rotatable bonds is 0. The molecule has 0 saturated carbocycles. The molecule has 17 valence electrons. The van der Waals surface area contributed by atoms with E-state index in [-0.39, 0.29) is 36.9 Å². The van der Waals surface area contributed by atoms with Gasteiger partial charge in [-0.2, -0.15) is 0 Å². The maximum atomic E-state index is 8.36. The fraction of sp³-hybridized carbons (Fsp3) is 0. The molecule has 0 rings (SSSR count). The summed E-state index contributed by atoms with van der Waals surface area (Å²) in [6.07, 6.45) is 0. The van der Waals surface area contributed by atoms with E-state index in [0.717, 1.165) is 0 Å². The minimum Gasteiger partial charge on any atom is 0 e. The predicted octanol–water partition coefficient (Wildman–Crippen LogP) is -1.44. The summed E-state index contributed by atoms with van der Waals surface area (Å²) in [6.45, 7) is 0. The van der Waals surface area contributed by atoms with Gasteiger partial charge in [0.05, 0.1) is 0 Å². The minimum absolute atomic E-state index is 0. The van der Waals surface area contributed by atoms with Gasteiger partial charge in [0.15, 0.2) is 0 Å². The Labute approximate surface area is 46.8 Å². The van der Waals surface area contributed by atoms with Gasteiger partial charge in [-0.3, -0.25) is 0 Å². The Morgan fingerprint density at radius 3 is 1.75 bits per heavy atom. The molecule has 4 heteroatoms. The molecule has 4 heavy (non-hydrogen) atoms. The normalized spacial score (nSPS) is 2.00. The van der Waals surface area contributed by atoms with Crippen LogP contribution in [0.3, 0.4) is 0 Å². The van der Waals surface area contributed by atoms with Crippen LogP contribution in [0.5, 0.6) is 0 Å². The molecule has 0 heterocycles. The average Bonchev–Trinajstić information content (AvgIpc) is 0.918. The van der Waals surface area contributed by atoms with Crippen LogP contribution < -0.4 is 0 Å². The monoisotopic (exact) mass is 67.0 g/mol. The maximum absolute atomic E-state index is 8.36. The summed E-state index contributed by atoms with van der Waals surface area (Å²) in [6, 6.07) is 0. The van der Waals surface area contributed by atoms with Crippen molar-refractivity contribution in [1.82, 2.24) is 0 Å². The van der Waals surface area contributed by atoms with Gasteiger partial charge in [0, 0.05) is 29.6 Å². The fourth-order valence-electron chi connectivity index (χ4n) is 0. The van der Waals surface area contributed by atoms with Gasteiger partial charge in [-0.05, 0) is 0 Å². The van der Waals surface area contributed by atoms with Gasteiger partial charge in [-0.25, -0.2) is 0 Å². The Morgan fingerprint density at radius 2 is 1.75 bits per heavy atom. The average molecular weight is 66.8 g/mol. The largest absolute Gasteiger partial charge is 0 e. The van der Waals surface area contributed by atoms with E-state index in [1.54, 1.807) is 0 Å². The van der Waals surface area contributed by atoms with Crippen molar-refractivity contribution in [3.05, 3.63) is 0 Å². The first kappa shape index (κ1) is 8.82. The first-order valence-electron chi connectivity index (χ1n) is 0.494. The summed E-state index contributed by atoms with van der Waals surface area (Å²) in [4.78, 5) is 0. The van der Waals surface area contributed by atoms with E-state index in [1.807, 2.05) is 0 Å². The second-order valence-corrected chi connectivity index (χ2v) is 0.105. The molecule has 1 radical (unpaired) electrons. The van der Waals surface area contributed by atoms with Crippen LogP contribution in [0, 0.1) is 0 Å². The van der Waals surface area contributed by atoms with Gasteiger partial charge in [0.25, 0.3) is 0 Å². The van der Waals surface area contributed by atoms with Crippen molar-refractivity contribution in [1.29, 1.82) is 0 Å². The van der Waals surface area contributed by atoms with Crippen LogP contribution in [0.25, 0.3) is 0 Å². The molecule has 0 amide bonds. The van der Waals surface area contributed by atoms with Crippen molar-refractivity contribution in [2.45, 2.75) is 0 Å². The first-order chi connectivity index (χ1) is 1.41. The molecule has 0 saturated heterocycles. The van der Waals surface area contributed by atoms with E-state index in [0.29, 0.717) is 0 Å². The van der Waals surface area contributed by atoms with Crippen LogP contribution >= 0.6 is 0 Å². The van der Waals surface area contributed by atoms with Crippen LogP contribution in [0.2, 0.25) is 0 Å². The fourth-order valence-corrected chi connectivity index (χ4v) is 0. The summed E-state index contributed by atoms with van der Waals surface area (Å²) in [5.41, 5.74) is 0. The molecule has 0 spiro atoms. The Morgan fingerprint density at radius 1 is 1.75 bits per heavy atom. The van der Waals surface area contributed by atoms with E-state index in [2.05, 4.69) is 0 Å². The number of hydrogen-bond donors (Lipinski definition) is 1. The van der Waals surface area contributed by atoms with E-state index >= 15 is 0 Å². The molecular formula is HBNaO2. The third kappa shape index (κ3) is 16.7. The summed E-state index contributed by atoms with van der Waals surface area (Å²) in [7, 11) is -0.250. The maximum Gasteiger partial charge on any atom is 0 e. The van der Waals surface area contributed by atoms with E-state index in [1.165, 1.54) is 0 Å². The third-order valence-corrected chi connectivity index (χ3v) is 0. The van der Waals surface area contributed by atoms with Gasteiger partial charge in [-0.15, -0.1) is 0 Å². The minimum atomic E-state index is -0.250. The molecule has 0 aromatic carbocycles. The summed E-state index contributed by atoms with van der Waals surface area (Å²) >= 11 is 0. The van der Waals surface area contributed by atoms with Gasteiger partial charge < -0.3 is 0 Å². The molecule has 0 atom stereocenters. The summed E-state index contributed by atoms with van der Waals surface area (Å²) in [5, 5.41) is 6.89. The quantitative estimate of drug-likeness (QED) is 0.352. The second kappa shape index (κ2) is 9.39. The van der Waals surface area contributed by atoms with E-state index in [4.69, 9.17) is 9.73 Å². The molecule has 0 aliphatic rings. The molecular weight excluding hydrogens is 65.8 g/mol. The van der Waals surface area contributed by atoms with Crippen molar-refractivity contribution in [3.63, 3.8) is 0 Å². The molecule has 0 fully saturated rings. The molecule has 0 aromatic heterocycles. The second-order valence-electron chi connectivity index (χ2n) is 0.105. The molecule has 0 bridgehead atoms. The van der Waals surface area contributed by atoms with Crippen molar-refractivity contribution < 1.29 is 9.73 Å². The Hall–Kier alpha value is 0.665. The molecule has 0 aliphatic carbocycles. The standard InChI is InChI=1S/BHO2.Na/c2-1-3;/h2H;. The Bertz CT molecular complexity index is 13.5. The zero-order chi connectivity index (χ0) is 2.71. The van der Waals surface area contributed by atoms with E-state index in [9.17, 15) is 0 Å². The van der Waals surface area contributed by atoms with E-state index < -0.39 is 0 Å². The van der Waals surface area contributed by atoms with Crippen molar-refractivity contribution >= 4 is 36.9 Å². The predicted molar refractivity (Wildman–Crippen MR) is 14.4 cm³/mol. The van der Waals surface area contributed by atoms with Crippen molar-refractivity contribution in [3.8, 4) is 0 Å². The van der Waals surface area contributed by atoms with Gasteiger partial charge >= 0.3 is 17.1 Å². The SMILES string of the molecule is O=BO.[Na]. The summed E-state index contributed by atoms with van der Waals surface area (Å²) < 4.78 is 8.36. The van der Waals surface area contributed by atoms with Crippen LogP contribution in [0.4, 0.5) is 0 Å². The topological polar surface area (TPSA) is 37.3 Å². The Balaban J connectivity index is 0. The Kier molecular flexibility index (Phi) is 20.7.